The number of fused-ring (bicyclic) bond motifs is 1. The lowest BCUT2D eigenvalue weighted by atomic mass is 9.96. The van der Waals surface area contributed by atoms with Crippen molar-refractivity contribution < 1.29 is 0 Å². The van der Waals surface area contributed by atoms with Crippen LogP contribution in [0.25, 0.3) is 0 Å². The first-order valence-corrected chi connectivity index (χ1v) is 6.82. The van der Waals surface area contributed by atoms with Crippen molar-refractivity contribution in [1.29, 1.82) is 0 Å². The van der Waals surface area contributed by atoms with Gasteiger partial charge >= 0.3 is 0 Å². The topological polar surface area (TPSA) is 47.1 Å². The molecule has 1 aromatic heterocycles. The van der Waals surface area contributed by atoms with Crippen molar-refractivity contribution in [3.63, 3.8) is 0 Å². The van der Waals surface area contributed by atoms with Crippen LogP contribution in [0.2, 0.25) is 0 Å². The van der Waals surface area contributed by atoms with E-state index in [1.165, 1.54) is 31.5 Å². The predicted octanol–water partition coefficient (Wildman–Crippen LogP) is 1.22. The van der Waals surface area contributed by atoms with Crippen LogP contribution in [0.3, 0.4) is 0 Å². The normalized spacial score (nSPS) is 23.8. The minimum absolute atomic E-state index is 0.572. The fourth-order valence-electron chi connectivity index (χ4n) is 3.46. The summed E-state index contributed by atoms with van der Waals surface area (Å²) in [4.78, 5) is 6.98. The molecule has 2 N–H and O–H groups in total. The van der Waals surface area contributed by atoms with E-state index in [2.05, 4.69) is 20.6 Å². The third kappa shape index (κ3) is 2.11. The van der Waals surface area contributed by atoms with Crippen molar-refractivity contribution in [3.8, 4) is 0 Å². The maximum absolute atomic E-state index is 6.01. The Hall–Kier alpha value is -0.870. The van der Waals surface area contributed by atoms with Gasteiger partial charge in [-0.15, -0.1) is 0 Å². The summed E-state index contributed by atoms with van der Waals surface area (Å²) >= 11 is 0. The highest BCUT2D eigenvalue weighted by atomic mass is 15.3. The van der Waals surface area contributed by atoms with Crippen molar-refractivity contribution in [2.24, 2.45) is 11.7 Å². The van der Waals surface area contributed by atoms with Gasteiger partial charge in [-0.2, -0.15) is 0 Å². The van der Waals surface area contributed by atoms with E-state index in [1.54, 1.807) is 0 Å². The van der Waals surface area contributed by atoms with Gasteiger partial charge < -0.3 is 10.3 Å². The minimum Gasteiger partial charge on any atom is -0.333 e. The molecule has 0 spiro atoms. The van der Waals surface area contributed by atoms with Crippen LogP contribution in [0, 0.1) is 5.92 Å². The molecule has 1 unspecified atom stereocenters. The molecule has 94 valence electrons. The lowest BCUT2D eigenvalue weighted by molar-refractivity contribution is 0.113. The number of nitrogens with two attached hydrogens (primary N) is 1. The van der Waals surface area contributed by atoms with E-state index in [-0.39, 0.29) is 0 Å². The van der Waals surface area contributed by atoms with Gasteiger partial charge in [0.25, 0.3) is 0 Å². The molecule has 2 aliphatic rings. The molecule has 0 saturated heterocycles. The number of hydrogen-bond donors (Lipinski definition) is 1. The van der Waals surface area contributed by atoms with Crippen LogP contribution in [0.15, 0.2) is 12.4 Å². The lowest BCUT2D eigenvalue weighted by Gasteiger charge is -2.37. The van der Waals surface area contributed by atoms with E-state index in [0.29, 0.717) is 6.04 Å². The SMILES string of the molecule is NCC(C1CCCC1)N1CCn2ccnc2C1. The van der Waals surface area contributed by atoms with Crippen molar-refractivity contribution in [2.45, 2.75) is 44.8 Å². The van der Waals surface area contributed by atoms with E-state index in [4.69, 9.17) is 5.73 Å². The van der Waals surface area contributed by atoms with E-state index >= 15 is 0 Å². The molecule has 4 heteroatoms. The Morgan fingerprint density at radius 1 is 1.35 bits per heavy atom. The standard InChI is InChI=1S/C13H22N4/c14-9-12(11-3-1-2-4-11)17-8-7-16-6-5-15-13(16)10-17/h5-6,11-12H,1-4,7-10,14H2. The summed E-state index contributed by atoms with van der Waals surface area (Å²) in [6.07, 6.45) is 9.51. The summed E-state index contributed by atoms with van der Waals surface area (Å²) in [5, 5.41) is 0. The molecule has 1 aliphatic carbocycles. The van der Waals surface area contributed by atoms with Crippen molar-refractivity contribution in [2.75, 3.05) is 13.1 Å². The average molecular weight is 234 g/mol. The van der Waals surface area contributed by atoms with Crippen LogP contribution in [0.4, 0.5) is 0 Å². The Balaban J connectivity index is 1.71. The van der Waals surface area contributed by atoms with Crippen molar-refractivity contribution >= 4 is 0 Å². The molecule has 1 saturated carbocycles. The molecule has 17 heavy (non-hydrogen) atoms. The van der Waals surface area contributed by atoms with Gasteiger partial charge in [-0.25, -0.2) is 4.98 Å². The second kappa shape index (κ2) is 4.78. The first-order valence-electron chi connectivity index (χ1n) is 6.82. The van der Waals surface area contributed by atoms with Gasteiger partial charge in [-0.3, -0.25) is 4.90 Å². The van der Waals surface area contributed by atoms with Gasteiger partial charge in [0.15, 0.2) is 0 Å². The van der Waals surface area contributed by atoms with Crippen LogP contribution in [-0.4, -0.2) is 33.6 Å². The molecule has 0 bridgehead atoms. The first kappa shape index (κ1) is 11.2. The lowest BCUT2D eigenvalue weighted by Crippen LogP contribution is -2.48. The Bertz CT molecular complexity index is 367. The zero-order valence-electron chi connectivity index (χ0n) is 10.4. The highest BCUT2D eigenvalue weighted by Crippen LogP contribution is 2.31. The number of hydrogen-bond acceptors (Lipinski definition) is 3. The molecule has 1 aromatic rings. The molecule has 0 radical (unpaired) electrons. The third-order valence-corrected chi connectivity index (χ3v) is 4.43. The molecule has 1 aliphatic heterocycles. The molecule has 3 rings (SSSR count). The van der Waals surface area contributed by atoms with Gasteiger partial charge in [-0.1, -0.05) is 12.8 Å². The zero-order chi connectivity index (χ0) is 11.7. The molecule has 2 heterocycles. The summed E-state index contributed by atoms with van der Waals surface area (Å²) in [5.74, 6) is 2.02. The molecular weight excluding hydrogens is 212 g/mol. The van der Waals surface area contributed by atoms with Crippen LogP contribution >= 0.6 is 0 Å². The second-order valence-electron chi connectivity index (χ2n) is 5.35. The van der Waals surface area contributed by atoms with Crippen molar-refractivity contribution in [3.05, 3.63) is 18.2 Å². The first-order chi connectivity index (χ1) is 8.38. The monoisotopic (exact) mass is 234 g/mol. The quantitative estimate of drug-likeness (QED) is 0.855. The summed E-state index contributed by atoms with van der Waals surface area (Å²) in [6, 6.07) is 0.572. The van der Waals surface area contributed by atoms with Crippen LogP contribution in [0.5, 0.6) is 0 Å². The maximum atomic E-state index is 6.01. The van der Waals surface area contributed by atoms with E-state index in [1.807, 2.05) is 6.20 Å². The number of nitrogens with zero attached hydrogens (tertiary/aromatic N) is 3. The molecule has 1 fully saturated rings. The molecule has 0 aromatic carbocycles. The Morgan fingerprint density at radius 3 is 2.94 bits per heavy atom. The largest absolute Gasteiger partial charge is 0.333 e. The zero-order valence-corrected chi connectivity index (χ0v) is 10.4. The van der Waals surface area contributed by atoms with Crippen molar-refractivity contribution in [1.82, 2.24) is 14.5 Å². The highest BCUT2D eigenvalue weighted by Gasteiger charge is 2.30. The van der Waals surface area contributed by atoms with E-state index in [9.17, 15) is 0 Å². The fourth-order valence-corrected chi connectivity index (χ4v) is 3.46. The number of aromatic nitrogens is 2. The van der Waals surface area contributed by atoms with Gasteiger partial charge in [0.1, 0.15) is 5.82 Å². The Morgan fingerprint density at radius 2 is 2.18 bits per heavy atom. The van der Waals surface area contributed by atoms with Gasteiger partial charge in [0.05, 0.1) is 6.54 Å². The highest BCUT2D eigenvalue weighted by molar-refractivity contribution is 4.98. The number of rotatable bonds is 3. The second-order valence-corrected chi connectivity index (χ2v) is 5.35. The molecule has 4 nitrogen and oxygen atoms in total. The summed E-state index contributed by atoms with van der Waals surface area (Å²) in [7, 11) is 0. The summed E-state index contributed by atoms with van der Waals surface area (Å²) in [5.41, 5.74) is 6.01. The van der Waals surface area contributed by atoms with E-state index in [0.717, 1.165) is 32.1 Å². The Labute approximate surface area is 103 Å². The summed E-state index contributed by atoms with van der Waals surface area (Å²) < 4.78 is 2.26. The molecule has 0 amide bonds. The maximum Gasteiger partial charge on any atom is 0.122 e. The smallest absolute Gasteiger partial charge is 0.122 e. The molecule has 1 atom stereocenters. The van der Waals surface area contributed by atoms with Crippen LogP contribution in [0.1, 0.15) is 31.5 Å². The van der Waals surface area contributed by atoms with Gasteiger partial charge in [-0.05, 0) is 18.8 Å². The predicted molar refractivity (Wildman–Crippen MR) is 67.4 cm³/mol. The minimum atomic E-state index is 0.572. The van der Waals surface area contributed by atoms with Gasteiger partial charge in [0.2, 0.25) is 0 Å². The summed E-state index contributed by atoms with van der Waals surface area (Å²) in [6.45, 7) is 3.97. The number of imidazole rings is 1. The molecular formula is C13H22N4. The average Bonchev–Trinajstić information content (AvgIpc) is 2.99. The fraction of sp³-hybridized carbons (Fsp3) is 0.769. The van der Waals surface area contributed by atoms with Crippen LogP contribution < -0.4 is 5.73 Å². The van der Waals surface area contributed by atoms with Gasteiger partial charge in [0, 0.05) is 38.1 Å². The van der Waals surface area contributed by atoms with E-state index < -0.39 is 0 Å². The third-order valence-electron chi connectivity index (χ3n) is 4.43. The Kier molecular flexibility index (Phi) is 3.16. The van der Waals surface area contributed by atoms with Crippen LogP contribution in [-0.2, 0) is 13.1 Å².